The number of hydrogen-bond donors (Lipinski definition) is 1. The minimum Gasteiger partial charge on any atom is -0.477 e. The highest BCUT2D eigenvalue weighted by Crippen LogP contribution is 2.05. The Morgan fingerprint density at radius 3 is 3.06 bits per heavy atom. The van der Waals surface area contributed by atoms with Gasteiger partial charge in [-0.2, -0.15) is 5.10 Å². The first kappa shape index (κ1) is 10.4. The van der Waals surface area contributed by atoms with E-state index in [4.69, 9.17) is 5.11 Å². The summed E-state index contributed by atoms with van der Waals surface area (Å²) >= 11 is 0. The monoisotopic (exact) mass is 220 g/mol. The van der Waals surface area contributed by atoms with Crippen molar-refractivity contribution < 1.29 is 9.90 Å². The number of carboxylic acid groups (broad SMARTS) is 1. The standard InChI is InChI=1S/C10H12N4O2/c1-2-13-7-11-5-8(13)6-14-9(10(15)16)3-4-12-14/h3-5,7H,2,6H2,1H3,(H,15,16). The van der Waals surface area contributed by atoms with Crippen LogP contribution >= 0.6 is 0 Å². The lowest BCUT2D eigenvalue weighted by Crippen LogP contribution is -2.13. The van der Waals surface area contributed by atoms with E-state index in [1.54, 1.807) is 12.5 Å². The van der Waals surface area contributed by atoms with Crippen molar-refractivity contribution in [2.75, 3.05) is 0 Å². The van der Waals surface area contributed by atoms with E-state index in [2.05, 4.69) is 10.1 Å². The zero-order chi connectivity index (χ0) is 11.5. The van der Waals surface area contributed by atoms with Crippen LogP contribution in [-0.4, -0.2) is 30.4 Å². The number of rotatable bonds is 4. The van der Waals surface area contributed by atoms with Crippen molar-refractivity contribution in [3.63, 3.8) is 0 Å². The Morgan fingerprint density at radius 2 is 2.38 bits per heavy atom. The summed E-state index contributed by atoms with van der Waals surface area (Å²) in [5.74, 6) is -0.972. The number of aromatic nitrogens is 4. The summed E-state index contributed by atoms with van der Waals surface area (Å²) in [6.45, 7) is 3.23. The number of hydrogen-bond acceptors (Lipinski definition) is 3. The molecule has 0 amide bonds. The smallest absolute Gasteiger partial charge is 0.354 e. The molecule has 2 rings (SSSR count). The molecular formula is C10H12N4O2. The molecule has 0 unspecified atom stereocenters. The van der Waals surface area contributed by atoms with Crippen molar-refractivity contribution >= 4 is 5.97 Å². The zero-order valence-electron chi connectivity index (χ0n) is 8.87. The van der Waals surface area contributed by atoms with Crippen molar-refractivity contribution in [3.8, 4) is 0 Å². The first-order valence-corrected chi connectivity index (χ1v) is 4.96. The first-order chi connectivity index (χ1) is 7.72. The lowest BCUT2D eigenvalue weighted by atomic mass is 10.4. The van der Waals surface area contributed by atoms with Gasteiger partial charge in [0.15, 0.2) is 0 Å². The average molecular weight is 220 g/mol. The molecular weight excluding hydrogens is 208 g/mol. The van der Waals surface area contributed by atoms with Crippen LogP contribution in [0.1, 0.15) is 23.1 Å². The molecule has 16 heavy (non-hydrogen) atoms. The van der Waals surface area contributed by atoms with Crippen molar-refractivity contribution in [2.24, 2.45) is 0 Å². The molecule has 0 aliphatic heterocycles. The van der Waals surface area contributed by atoms with Crippen LogP contribution < -0.4 is 0 Å². The molecule has 0 atom stereocenters. The van der Waals surface area contributed by atoms with E-state index < -0.39 is 5.97 Å². The van der Waals surface area contributed by atoms with Crippen LogP contribution in [0, 0.1) is 0 Å². The molecule has 0 aromatic carbocycles. The molecule has 0 saturated carbocycles. The van der Waals surface area contributed by atoms with Gasteiger partial charge in [0.1, 0.15) is 5.69 Å². The molecule has 0 bridgehead atoms. The molecule has 0 aliphatic carbocycles. The molecule has 6 nitrogen and oxygen atoms in total. The third kappa shape index (κ3) is 1.81. The van der Waals surface area contributed by atoms with Crippen molar-refractivity contribution in [1.29, 1.82) is 0 Å². The quantitative estimate of drug-likeness (QED) is 0.828. The van der Waals surface area contributed by atoms with Gasteiger partial charge in [-0.25, -0.2) is 9.78 Å². The molecule has 2 aromatic rings. The van der Waals surface area contributed by atoms with Gasteiger partial charge in [0.25, 0.3) is 0 Å². The van der Waals surface area contributed by atoms with Crippen LogP contribution in [0.25, 0.3) is 0 Å². The van der Waals surface area contributed by atoms with Crippen molar-refractivity contribution in [2.45, 2.75) is 20.0 Å². The predicted molar refractivity (Wildman–Crippen MR) is 56.2 cm³/mol. The number of aromatic carboxylic acids is 1. The van der Waals surface area contributed by atoms with E-state index in [1.807, 2.05) is 11.5 Å². The van der Waals surface area contributed by atoms with Gasteiger partial charge >= 0.3 is 5.97 Å². The van der Waals surface area contributed by atoms with Gasteiger partial charge in [-0.05, 0) is 13.0 Å². The van der Waals surface area contributed by atoms with Gasteiger partial charge in [-0.3, -0.25) is 4.68 Å². The van der Waals surface area contributed by atoms with Gasteiger partial charge in [-0.1, -0.05) is 0 Å². The second-order valence-electron chi connectivity index (χ2n) is 3.35. The normalized spacial score (nSPS) is 10.6. The van der Waals surface area contributed by atoms with E-state index in [9.17, 15) is 4.79 Å². The fourth-order valence-corrected chi connectivity index (χ4v) is 1.56. The Labute approximate surface area is 92.2 Å². The third-order valence-electron chi connectivity index (χ3n) is 2.39. The lowest BCUT2D eigenvalue weighted by Gasteiger charge is -2.06. The molecule has 84 valence electrons. The second-order valence-corrected chi connectivity index (χ2v) is 3.35. The Balaban J connectivity index is 2.27. The molecule has 0 fully saturated rings. The maximum absolute atomic E-state index is 10.9. The largest absolute Gasteiger partial charge is 0.477 e. The topological polar surface area (TPSA) is 72.9 Å². The maximum Gasteiger partial charge on any atom is 0.354 e. The van der Waals surface area contributed by atoms with Crippen LogP contribution in [0.4, 0.5) is 0 Å². The summed E-state index contributed by atoms with van der Waals surface area (Å²) in [6, 6.07) is 1.48. The highest BCUT2D eigenvalue weighted by molar-refractivity contribution is 5.85. The minimum absolute atomic E-state index is 0.184. The number of carboxylic acids is 1. The van der Waals surface area contributed by atoms with E-state index >= 15 is 0 Å². The predicted octanol–water partition coefficient (Wildman–Crippen LogP) is 0.846. The minimum atomic E-state index is -0.972. The summed E-state index contributed by atoms with van der Waals surface area (Å²) in [7, 11) is 0. The number of imidazole rings is 1. The van der Waals surface area contributed by atoms with E-state index in [1.165, 1.54) is 16.9 Å². The van der Waals surface area contributed by atoms with Crippen LogP contribution in [-0.2, 0) is 13.1 Å². The SMILES string of the molecule is CCn1cncc1Cn1nccc1C(=O)O. The number of carbonyl (C=O) groups is 1. The second kappa shape index (κ2) is 4.18. The Hall–Kier alpha value is -2.11. The van der Waals surface area contributed by atoms with Crippen molar-refractivity contribution in [3.05, 3.63) is 36.2 Å². The Morgan fingerprint density at radius 1 is 1.56 bits per heavy atom. The molecule has 0 saturated heterocycles. The van der Waals surface area contributed by atoms with Crippen LogP contribution in [0.3, 0.4) is 0 Å². The number of nitrogens with zero attached hydrogens (tertiary/aromatic N) is 4. The summed E-state index contributed by atoms with van der Waals surface area (Å²) in [6.07, 6.45) is 4.92. The molecule has 0 aliphatic rings. The summed E-state index contributed by atoms with van der Waals surface area (Å²) in [4.78, 5) is 14.9. The van der Waals surface area contributed by atoms with Gasteiger partial charge in [-0.15, -0.1) is 0 Å². The summed E-state index contributed by atoms with van der Waals surface area (Å²) in [5, 5.41) is 12.9. The van der Waals surface area contributed by atoms with Gasteiger partial charge in [0, 0.05) is 12.7 Å². The van der Waals surface area contributed by atoms with Crippen LogP contribution in [0.15, 0.2) is 24.8 Å². The Kier molecular flexibility index (Phi) is 2.72. The molecule has 2 heterocycles. The highest BCUT2D eigenvalue weighted by atomic mass is 16.4. The average Bonchev–Trinajstić information content (AvgIpc) is 2.86. The first-order valence-electron chi connectivity index (χ1n) is 4.96. The van der Waals surface area contributed by atoms with Gasteiger partial charge in [0.05, 0.1) is 24.8 Å². The summed E-state index contributed by atoms with van der Waals surface area (Å²) < 4.78 is 3.40. The molecule has 2 aromatic heterocycles. The third-order valence-corrected chi connectivity index (χ3v) is 2.39. The fourth-order valence-electron chi connectivity index (χ4n) is 1.56. The molecule has 6 heteroatoms. The van der Waals surface area contributed by atoms with Crippen LogP contribution in [0.2, 0.25) is 0 Å². The van der Waals surface area contributed by atoms with E-state index in [0.29, 0.717) is 6.54 Å². The summed E-state index contributed by atoms with van der Waals surface area (Å²) in [5.41, 5.74) is 1.12. The van der Waals surface area contributed by atoms with Crippen molar-refractivity contribution in [1.82, 2.24) is 19.3 Å². The Bertz CT molecular complexity index is 500. The fraction of sp³-hybridized carbons (Fsp3) is 0.300. The van der Waals surface area contributed by atoms with Gasteiger partial charge in [0.2, 0.25) is 0 Å². The number of aryl methyl sites for hydroxylation is 1. The molecule has 0 spiro atoms. The van der Waals surface area contributed by atoms with E-state index in [0.717, 1.165) is 12.2 Å². The maximum atomic E-state index is 10.9. The molecule has 0 radical (unpaired) electrons. The zero-order valence-corrected chi connectivity index (χ0v) is 8.87. The molecule has 1 N–H and O–H groups in total. The van der Waals surface area contributed by atoms with Gasteiger partial charge < -0.3 is 9.67 Å². The van der Waals surface area contributed by atoms with E-state index in [-0.39, 0.29) is 5.69 Å². The van der Waals surface area contributed by atoms with Crippen LogP contribution in [0.5, 0.6) is 0 Å². The lowest BCUT2D eigenvalue weighted by molar-refractivity contribution is 0.0684. The highest BCUT2D eigenvalue weighted by Gasteiger charge is 2.11.